The molecule has 1 heterocycles. The van der Waals surface area contributed by atoms with E-state index in [0.717, 1.165) is 31.5 Å². The molecule has 0 bridgehead atoms. The van der Waals surface area contributed by atoms with E-state index < -0.39 is 5.91 Å². The van der Waals surface area contributed by atoms with E-state index in [1.54, 1.807) is 24.4 Å². The molecule has 0 radical (unpaired) electrons. The van der Waals surface area contributed by atoms with Crippen LogP contribution in [0.25, 0.3) is 0 Å². The minimum atomic E-state index is -0.398. The largest absolute Gasteiger partial charge is 0.376 e. The summed E-state index contributed by atoms with van der Waals surface area (Å²) in [5.74, 6) is -0.398. The van der Waals surface area contributed by atoms with Crippen LogP contribution in [0.3, 0.4) is 0 Å². The maximum Gasteiger partial charge on any atom is 0.267 e. The van der Waals surface area contributed by atoms with Gasteiger partial charge in [0.15, 0.2) is 0 Å². The van der Waals surface area contributed by atoms with Crippen LogP contribution in [-0.2, 0) is 4.79 Å². The SMILES string of the molecule is Cc1c(Cl)cccc1NC(=O)/C(C#N)=C\N1CCCC1. The molecule has 0 aromatic heterocycles. The van der Waals surface area contributed by atoms with E-state index in [4.69, 9.17) is 16.9 Å². The molecule has 20 heavy (non-hydrogen) atoms. The molecule has 0 saturated carbocycles. The lowest BCUT2D eigenvalue weighted by Gasteiger charge is -2.13. The molecule has 2 rings (SSSR count). The Kier molecular flexibility index (Phi) is 4.65. The number of carbonyl (C=O) groups is 1. The van der Waals surface area contributed by atoms with Crippen LogP contribution in [0.15, 0.2) is 30.0 Å². The molecule has 1 N–H and O–H groups in total. The summed E-state index contributed by atoms with van der Waals surface area (Å²) in [6.07, 6.45) is 3.84. The fourth-order valence-electron chi connectivity index (χ4n) is 2.12. The first-order chi connectivity index (χ1) is 9.61. The number of benzene rings is 1. The number of nitrogens with one attached hydrogen (secondary N) is 1. The normalized spacial score (nSPS) is 15.1. The maximum atomic E-state index is 12.1. The van der Waals surface area contributed by atoms with Crippen molar-refractivity contribution < 1.29 is 4.79 Å². The predicted molar refractivity (Wildman–Crippen MR) is 79.3 cm³/mol. The van der Waals surface area contributed by atoms with Gasteiger partial charge in [-0.2, -0.15) is 5.26 Å². The summed E-state index contributed by atoms with van der Waals surface area (Å²) < 4.78 is 0. The van der Waals surface area contributed by atoms with Crippen molar-refractivity contribution in [2.45, 2.75) is 19.8 Å². The minimum Gasteiger partial charge on any atom is -0.376 e. The zero-order valence-corrected chi connectivity index (χ0v) is 12.1. The van der Waals surface area contributed by atoms with E-state index in [9.17, 15) is 4.79 Å². The van der Waals surface area contributed by atoms with Crippen molar-refractivity contribution >= 4 is 23.2 Å². The van der Waals surface area contributed by atoms with Crippen molar-refractivity contribution in [2.75, 3.05) is 18.4 Å². The molecule has 1 aromatic carbocycles. The van der Waals surface area contributed by atoms with Gasteiger partial charge in [0.2, 0.25) is 0 Å². The standard InChI is InChI=1S/C15H16ClN3O/c1-11-13(16)5-4-6-14(11)18-15(20)12(9-17)10-19-7-2-3-8-19/h4-6,10H,2-3,7-8H2,1H3,(H,18,20)/b12-10-. The molecule has 1 aliphatic rings. The first kappa shape index (κ1) is 14.4. The van der Waals surface area contributed by atoms with Crippen LogP contribution in [0.1, 0.15) is 18.4 Å². The van der Waals surface area contributed by atoms with Crippen molar-refractivity contribution in [3.8, 4) is 6.07 Å². The summed E-state index contributed by atoms with van der Waals surface area (Å²) in [5, 5.41) is 12.4. The summed E-state index contributed by atoms with van der Waals surface area (Å²) in [4.78, 5) is 14.1. The fraction of sp³-hybridized carbons (Fsp3) is 0.333. The molecule has 1 aromatic rings. The summed E-state index contributed by atoms with van der Waals surface area (Å²) in [7, 11) is 0. The minimum absolute atomic E-state index is 0.117. The van der Waals surface area contributed by atoms with Gasteiger partial charge in [0.1, 0.15) is 11.6 Å². The van der Waals surface area contributed by atoms with Crippen molar-refractivity contribution in [1.82, 2.24) is 4.90 Å². The van der Waals surface area contributed by atoms with Crippen LogP contribution in [0.4, 0.5) is 5.69 Å². The van der Waals surface area contributed by atoms with Gasteiger partial charge in [-0.1, -0.05) is 17.7 Å². The molecule has 1 saturated heterocycles. The van der Waals surface area contributed by atoms with Crippen LogP contribution < -0.4 is 5.32 Å². The molecule has 1 aliphatic heterocycles. The van der Waals surface area contributed by atoms with Gasteiger partial charge >= 0.3 is 0 Å². The molecule has 5 heteroatoms. The highest BCUT2D eigenvalue weighted by atomic mass is 35.5. The highest BCUT2D eigenvalue weighted by Gasteiger charge is 2.15. The van der Waals surface area contributed by atoms with Crippen LogP contribution in [0, 0.1) is 18.3 Å². The first-order valence-electron chi connectivity index (χ1n) is 6.54. The molecular weight excluding hydrogens is 274 g/mol. The Hall–Kier alpha value is -1.99. The second kappa shape index (κ2) is 6.44. The molecule has 104 valence electrons. The number of amides is 1. The van der Waals surface area contributed by atoms with Gasteiger partial charge in [0.25, 0.3) is 5.91 Å². The number of likely N-dealkylation sites (tertiary alicyclic amines) is 1. The summed E-state index contributed by atoms with van der Waals surface area (Å²) in [6, 6.07) is 7.25. The van der Waals surface area contributed by atoms with Crippen molar-refractivity contribution in [3.05, 3.63) is 40.6 Å². The Morgan fingerprint density at radius 2 is 2.15 bits per heavy atom. The number of anilines is 1. The van der Waals surface area contributed by atoms with Gasteiger partial charge < -0.3 is 10.2 Å². The summed E-state index contributed by atoms with van der Waals surface area (Å²) >= 11 is 6.01. The second-order valence-electron chi connectivity index (χ2n) is 4.76. The van der Waals surface area contributed by atoms with Gasteiger partial charge in [-0.15, -0.1) is 0 Å². The van der Waals surface area contributed by atoms with Crippen LogP contribution in [0.2, 0.25) is 5.02 Å². The molecule has 4 nitrogen and oxygen atoms in total. The van der Waals surface area contributed by atoms with Crippen LogP contribution >= 0.6 is 11.6 Å². The first-order valence-corrected chi connectivity index (χ1v) is 6.92. The molecule has 1 amide bonds. The van der Waals surface area contributed by atoms with E-state index >= 15 is 0 Å². The summed E-state index contributed by atoms with van der Waals surface area (Å²) in [5.41, 5.74) is 1.54. The second-order valence-corrected chi connectivity index (χ2v) is 5.17. The molecule has 0 aliphatic carbocycles. The van der Waals surface area contributed by atoms with E-state index in [0.29, 0.717) is 10.7 Å². The zero-order valence-electron chi connectivity index (χ0n) is 11.3. The average Bonchev–Trinajstić information content (AvgIpc) is 2.94. The highest BCUT2D eigenvalue weighted by Crippen LogP contribution is 2.23. The van der Waals surface area contributed by atoms with E-state index in [-0.39, 0.29) is 5.57 Å². The number of halogens is 1. The van der Waals surface area contributed by atoms with Gasteiger partial charge in [-0.3, -0.25) is 4.79 Å². The number of rotatable bonds is 3. The Morgan fingerprint density at radius 1 is 1.45 bits per heavy atom. The monoisotopic (exact) mass is 289 g/mol. The number of hydrogen-bond donors (Lipinski definition) is 1. The molecule has 0 spiro atoms. The molecule has 0 atom stereocenters. The average molecular weight is 290 g/mol. The highest BCUT2D eigenvalue weighted by molar-refractivity contribution is 6.31. The van der Waals surface area contributed by atoms with Gasteiger partial charge in [-0.05, 0) is 37.5 Å². The lowest BCUT2D eigenvalue weighted by Crippen LogP contribution is -2.19. The van der Waals surface area contributed by atoms with Crippen molar-refractivity contribution in [2.24, 2.45) is 0 Å². The lowest BCUT2D eigenvalue weighted by molar-refractivity contribution is -0.112. The van der Waals surface area contributed by atoms with Crippen LogP contribution in [0.5, 0.6) is 0 Å². The molecular formula is C15H16ClN3O. The third-order valence-electron chi connectivity index (χ3n) is 3.33. The zero-order chi connectivity index (χ0) is 14.5. The van der Waals surface area contributed by atoms with E-state index in [1.165, 1.54) is 0 Å². The Bertz CT molecular complexity index is 583. The number of carbonyl (C=O) groups excluding carboxylic acids is 1. The quantitative estimate of drug-likeness (QED) is 0.687. The van der Waals surface area contributed by atoms with E-state index in [1.807, 2.05) is 17.9 Å². The smallest absolute Gasteiger partial charge is 0.267 e. The topological polar surface area (TPSA) is 56.1 Å². The van der Waals surface area contributed by atoms with Crippen molar-refractivity contribution in [1.29, 1.82) is 5.26 Å². The third kappa shape index (κ3) is 3.31. The number of hydrogen-bond acceptors (Lipinski definition) is 3. The maximum absolute atomic E-state index is 12.1. The van der Waals surface area contributed by atoms with Gasteiger partial charge in [-0.25, -0.2) is 0 Å². The summed E-state index contributed by atoms with van der Waals surface area (Å²) in [6.45, 7) is 3.62. The Morgan fingerprint density at radius 3 is 2.80 bits per heavy atom. The predicted octanol–water partition coefficient (Wildman–Crippen LogP) is 3.09. The van der Waals surface area contributed by atoms with Gasteiger partial charge in [0.05, 0.1) is 0 Å². The number of nitriles is 1. The Labute approximate surface area is 123 Å². The molecule has 0 unspecified atom stereocenters. The fourth-order valence-corrected chi connectivity index (χ4v) is 2.30. The number of nitrogens with zero attached hydrogens (tertiary/aromatic N) is 2. The van der Waals surface area contributed by atoms with Gasteiger partial charge in [0, 0.05) is 30.0 Å². The Balaban J connectivity index is 2.13. The van der Waals surface area contributed by atoms with Crippen LogP contribution in [-0.4, -0.2) is 23.9 Å². The van der Waals surface area contributed by atoms with E-state index in [2.05, 4.69) is 5.32 Å². The van der Waals surface area contributed by atoms with Crippen molar-refractivity contribution in [3.63, 3.8) is 0 Å². The molecule has 1 fully saturated rings. The third-order valence-corrected chi connectivity index (χ3v) is 3.74. The lowest BCUT2D eigenvalue weighted by atomic mass is 10.2.